The monoisotopic (exact) mass is 370 g/mol. The van der Waals surface area contributed by atoms with Gasteiger partial charge in [-0.05, 0) is 22.6 Å². The number of aromatic amines is 1. The molecule has 0 radical (unpaired) electrons. The first-order valence-corrected chi connectivity index (χ1v) is 6.17. The van der Waals surface area contributed by atoms with Crippen LogP contribution in [0.25, 0.3) is 0 Å². The number of hydrogen-bond donors (Lipinski definition) is 4. The number of aromatic nitrogens is 2. The number of rotatable bonds is 2. The Morgan fingerprint density at radius 1 is 1.39 bits per heavy atom. The number of ether oxygens (including phenoxy) is 1. The van der Waals surface area contributed by atoms with Crippen molar-refractivity contribution in [2.45, 2.75) is 24.5 Å². The Bertz CT molecular complexity index is 555. The van der Waals surface area contributed by atoms with Crippen molar-refractivity contribution in [2.75, 3.05) is 6.61 Å². The quantitative estimate of drug-likeness (QED) is 0.345. The van der Waals surface area contributed by atoms with E-state index in [-0.39, 0.29) is 3.70 Å². The molecule has 100 valence electrons. The first-order valence-electron chi connectivity index (χ1n) is 5.09. The zero-order valence-electron chi connectivity index (χ0n) is 8.99. The zero-order chi connectivity index (χ0) is 13.4. The van der Waals surface area contributed by atoms with Crippen LogP contribution in [0.5, 0.6) is 0 Å². The number of nitrogens with zero attached hydrogens (tertiary/aromatic N) is 1. The molecule has 0 spiro atoms. The van der Waals surface area contributed by atoms with Crippen LogP contribution in [0.2, 0.25) is 0 Å². The van der Waals surface area contributed by atoms with Crippen molar-refractivity contribution in [3.8, 4) is 0 Å². The minimum absolute atomic E-state index is 0.260. The lowest BCUT2D eigenvalue weighted by molar-refractivity contribution is -0.0562. The molecular weight excluding hydrogens is 359 g/mol. The van der Waals surface area contributed by atoms with Crippen LogP contribution in [0.3, 0.4) is 0 Å². The minimum Gasteiger partial charge on any atom is -0.394 e. The van der Waals surface area contributed by atoms with E-state index in [0.717, 1.165) is 10.6 Å². The maximum Gasteiger partial charge on any atom is 0.331 e. The summed E-state index contributed by atoms with van der Waals surface area (Å²) in [5.41, 5.74) is -1.31. The molecule has 0 bridgehead atoms. The van der Waals surface area contributed by atoms with Crippen molar-refractivity contribution < 1.29 is 20.1 Å². The van der Waals surface area contributed by atoms with Gasteiger partial charge in [0.05, 0.1) is 10.3 Å². The zero-order valence-corrected chi connectivity index (χ0v) is 11.1. The smallest absolute Gasteiger partial charge is 0.331 e. The van der Waals surface area contributed by atoms with Gasteiger partial charge in [0.2, 0.25) is 0 Å². The van der Waals surface area contributed by atoms with Crippen LogP contribution >= 0.6 is 22.6 Å². The third-order valence-electron chi connectivity index (χ3n) is 2.70. The molecule has 2 rings (SSSR count). The van der Waals surface area contributed by atoms with Gasteiger partial charge in [0.25, 0.3) is 5.56 Å². The SMILES string of the molecule is O=c1cc(I)n([C@@H]2O[C@H](CO)C(O)C2O)c(=O)[nH]1. The molecular formula is C9H11IN2O6. The second-order valence-corrected chi connectivity index (χ2v) is 4.97. The summed E-state index contributed by atoms with van der Waals surface area (Å²) < 4.78 is 6.49. The summed E-state index contributed by atoms with van der Waals surface area (Å²) in [5.74, 6) is 0. The molecule has 1 aromatic heterocycles. The summed E-state index contributed by atoms with van der Waals surface area (Å²) in [6.07, 6.45) is -4.78. The van der Waals surface area contributed by atoms with Crippen molar-refractivity contribution in [3.63, 3.8) is 0 Å². The number of hydrogen-bond acceptors (Lipinski definition) is 6. The number of H-pyrrole nitrogens is 1. The maximum absolute atomic E-state index is 11.7. The van der Waals surface area contributed by atoms with Gasteiger partial charge in [0, 0.05) is 6.07 Å². The molecule has 18 heavy (non-hydrogen) atoms. The van der Waals surface area contributed by atoms with Crippen molar-refractivity contribution in [3.05, 3.63) is 30.6 Å². The average Bonchev–Trinajstić information content (AvgIpc) is 2.56. The Morgan fingerprint density at radius 3 is 2.56 bits per heavy atom. The lowest BCUT2D eigenvalue weighted by atomic mass is 10.1. The van der Waals surface area contributed by atoms with E-state index in [4.69, 9.17) is 9.84 Å². The van der Waals surface area contributed by atoms with Crippen LogP contribution < -0.4 is 11.2 Å². The molecule has 0 aromatic carbocycles. The highest BCUT2D eigenvalue weighted by Gasteiger charge is 2.44. The van der Waals surface area contributed by atoms with Crippen LogP contribution in [-0.4, -0.2) is 49.8 Å². The van der Waals surface area contributed by atoms with Crippen molar-refractivity contribution in [1.29, 1.82) is 0 Å². The van der Waals surface area contributed by atoms with E-state index in [1.54, 1.807) is 22.6 Å². The van der Waals surface area contributed by atoms with E-state index in [1.165, 1.54) is 0 Å². The number of aliphatic hydroxyl groups is 3. The topological polar surface area (TPSA) is 125 Å². The lowest BCUT2D eigenvalue weighted by Gasteiger charge is -2.18. The molecule has 9 heteroatoms. The molecule has 1 saturated heterocycles. The molecule has 8 nitrogen and oxygen atoms in total. The van der Waals surface area contributed by atoms with Gasteiger partial charge in [-0.1, -0.05) is 0 Å². The summed E-state index contributed by atoms with van der Waals surface area (Å²) in [5, 5.41) is 28.3. The second kappa shape index (κ2) is 5.09. The molecule has 1 aliphatic rings. The summed E-state index contributed by atoms with van der Waals surface area (Å²) in [6.45, 7) is -0.483. The highest BCUT2D eigenvalue weighted by Crippen LogP contribution is 2.28. The first kappa shape index (κ1) is 13.7. The average molecular weight is 370 g/mol. The van der Waals surface area contributed by atoms with Crippen LogP contribution in [0, 0.1) is 3.70 Å². The third kappa shape index (κ3) is 2.23. The largest absolute Gasteiger partial charge is 0.394 e. The number of halogens is 1. The predicted molar refractivity (Wildman–Crippen MR) is 67.0 cm³/mol. The predicted octanol–water partition coefficient (Wildman–Crippen LogP) is -2.25. The van der Waals surface area contributed by atoms with E-state index in [2.05, 4.69) is 0 Å². The van der Waals surface area contributed by atoms with Crippen LogP contribution in [-0.2, 0) is 4.74 Å². The van der Waals surface area contributed by atoms with Crippen LogP contribution in [0.1, 0.15) is 6.23 Å². The molecule has 0 aliphatic carbocycles. The molecule has 1 fully saturated rings. The van der Waals surface area contributed by atoms with Gasteiger partial charge in [-0.3, -0.25) is 14.3 Å². The molecule has 2 heterocycles. The van der Waals surface area contributed by atoms with Gasteiger partial charge in [-0.15, -0.1) is 0 Å². The van der Waals surface area contributed by atoms with Crippen LogP contribution in [0.4, 0.5) is 0 Å². The first-order chi connectivity index (χ1) is 8.45. The van der Waals surface area contributed by atoms with Gasteiger partial charge in [-0.2, -0.15) is 0 Å². The van der Waals surface area contributed by atoms with Crippen LogP contribution in [0.15, 0.2) is 15.7 Å². The second-order valence-electron chi connectivity index (χ2n) is 3.86. The summed E-state index contributed by atoms with van der Waals surface area (Å²) >= 11 is 1.75. The summed E-state index contributed by atoms with van der Waals surface area (Å²) in [7, 11) is 0. The minimum atomic E-state index is -1.36. The van der Waals surface area contributed by atoms with E-state index < -0.39 is 42.4 Å². The highest BCUT2D eigenvalue weighted by molar-refractivity contribution is 14.1. The normalized spacial score (nSPS) is 31.8. The van der Waals surface area contributed by atoms with Gasteiger partial charge in [-0.25, -0.2) is 4.79 Å². The van der Waals surface area contributed by atoms with Gasteiger partial charge in [0.15, 0.2) is 6.23 Å². The molecule has 1 aromatic rings. The van der Waals surface area contributed by atoms with Crippen molar-refractivity contribution in [2.24, 2.45) is 0 Å². The van der Waals surface area contributed by atoms with Gasteiger partial charge < -0.3 is 20.1 Å². The molecule has 4 atom stereocenters. The Hall–Kier alpha value is -0.750. The molecule has 2 unspecified atom stereocenters. The molecule has 0 saturated carbocycles. The fraction of sp³-hybridized carbons (Fsp3) is 0.556. The van der Waals surface area contributed by atoms with E-state index in [1.807, 2.05) is 4.98 Å². The maximum atomic E-state index is 11.7. The van der Waals surface area contributed by atoms with Crippen molar-refractivity contribution >= 4 is 22.6 Å². The number of nitrogens with one attached hydrogen (secondary N) is 1. The summed E-state index contributed by atoms with van der Waals surface area (Å²) in [6, 6.07) is 1.16. The highest BCUT2D eigenvalue weighted by atomic mass is 127. The number of aliphatic hydroxyl groups excluding tert-OH is 3. The lowest BCUT2D eigenvalue weighted by Crippen LogP contribution is -2.39. The standard InChI is InChI=1S/C9H11IN2O6/c10-4-1-5(14)11-9(17)12(4)8-7(16)6(15)3(2-13)18-8/h1,3,6-8,13,15-16H,2H2,(H,11,14,17)/t3-,6?,7?,8-/m1/s1. The Balaban J connectivity index is 2.45. The van der Waals surface area contributed by atoms with Gasteiger partial charge in [0.1, 0.15) is 18.3 Å². The van der Waals surface area contributed by atoms with E-state index in [0.29, 0.717) is 0 Å². The van der Waals surface area contributed by atoms with Gasteiger partial charge >= 0.3 is 5.69 Å². The van der Waals surface area contributed by atoms with Crippen molar-refractivity contribution in [1.82, 2.24) is 9.55 Å². The van der Waals surface area contributed by atoms with E-state index >= 15 is 0 Å². The molecule has 4 N–H and O–H groups in total. The fourth-order valence-electron chi connectivity index (χ4n) is 1.81. The Kier molecular flexibility index (Phi) is 3.87. The molecule has 1 aliphatic heterocycles. The Morgan fingerprint density at radius 2 is 2.06 bits per heavy atom. The summed E-state index contributed by atoms with van der Waals surface area (Å²) in [4.78, 5) is 24.8. The van der Waals surface area contributed by atoms with E-state index in [9.17, 15) is 19.8 Å². The fourth-order valence-corrected chi connectivity index (χ4v) is 2.58. The Labute approximate surface area is 114 Å². The third-order valence-corrected chi connectivity index (χ3v) is 3.53. The molecule has 0 amide bonds.